The van der Waals surface area contributed by atoms with Crippen molar-refractivity contribution in [1.82, 2.24) is 5.32 Å². The molecule has 0 aromatic heterocycles. The van der Waals surface area contributed by atoms with E-state index >= 15 is 0 Å². The lowest BCUT2D eigenvalue weighted by atomic mass is 9.66. The molecular formula is C26H29NO3. The highest BCUT2D eigenvalue weighted by Gasteiger charge is 2.47. The van der Waals surface area contributed by atoms with Crippen LogP contribution < -0.4 is 5.32 Å². The van der Waals surface area contributed by atoms with Crippen LogP contribution in [-0.2, 0) is 14.3 Å². The molecule has 2 aromatic carbocycles. The van der Waals surface area contributed by atoms with Crippen molar-refractivity contribution >= 4 is 22.5 Å². The highest BCUT2D eigenvalue weighted by Crippen LogP contribution is 2.49. The van der Waals surface area contributed by atoms with Gasteiger partial charge in [0, 0.05) is 29.3 Å². The smallest absolute Gasteiger partial charge is 0.316 e. The summed E-state index contributed by atoms with van der Waals surface area (Å²) in [6, 6.07) is 14.2. The van der Waals surface area contributed by atoms with Crippen LogP contribution in [0.3, 0.4) is 0 Å². The van der Waals surface area contributed by atoms with Gasteiger partial charge in [0.05, 0.1) is 6.10 Å². The van der Waals surface area contributed by atoms with Crippen LogP contribution in [0.4, 0.5) is 0 Å². The van der Waals surface area contributed by atoms with Crippen molar-refractivity contribution < 1.29 is 14.3 Å². The number of hydrogen-bond donors (Lipinski definition) is 1. The number of esters is 1. The number of benzene rings is 2. The molecule has 2 unspecified atom stereocenters. The minimum absolute atomic E-state index is 0.0986. The number of ketones is 1. The van der Waals surface area contributed by atoms with Gasteiger partial charge in [0.15, 0.2) is 5.78 Å². The molecule has 0 fully saturated rings. The van der Waals surface area contributed by atoms with Crippen LogP contribution in [0, 0.1) is 11.3 Å². The van der Waals surface area contributed by atoms with E-state index in [0.717, 1.165) is 28.5 Å². The molecule has 4 rings (SSSR count). The summed E-state index contributed by atoms with van der Waals surface area (Å²) in [6.45, 7) is 12.1. The number of carbonyl (C=O) groups excluding carboxylic acids is 2. The number of fused-ring (bicyclic) bond motifs is 1. The number of hydrogen-bond acceptors (Lipinski definition) is 4. The summed E-state index contributed by atoms with van der Waals surface area (Å²) in [5.41, 5.74) is 3.05. The van der Waals surface area contributed by atoms with Gasteiger partial charge >= 0.3 is 5.97 Å². The maximum atomic E-state index is 13.4. The molecule has 0 amide bonds. The zero-order valence-corrected chi connectivity index (χ0v) is 18.1. The fourth-order valence-corrected chi connectivity index (χ4v) is 4.89. The quantitative estimate of drug-likeness (QED) is 0.711. The van der Waals surface area contributed by atoms with Gasteiger partial charge in [0.25, 0.3) is 0 Å². The van der Waals surface area contributed by atoms with E-state index in [1.807, 2.05) is 38.1 Å². The Bertz CT molecular complexity index is 1070. The Hall–Kier alpha value is -2.88. The third-order valence-corrected chi connectivity index (χ3v) is 6.02. The molecule has 0 saturated heterocycles. The van der Waals surface area contributed by atoms with E-state index in [4.69, 9.17) is 4.74 Å². The SMILES string of the molecule is C=C1NC2=C(C(=O)CC(C)(C)C2)C(c2cccc3ccccc23)C1C(=O)OC(C)C. The maximum Gasteiger partial charge on any atom is 0.316 e. The van der Waals surface area contributed by atoms with Crippen molar-refractivity contribution in [2.45, 2.75) is 52.6 Å². The summed E-state index contributed by atoms with van der Waals surface area (Å²) in [4.78, 5) is 26.6. The first kappa shape index (κ1) is 20.4. The molecule has 2 atom stereocenters. The Morgan fingerprint density at radius 1 is 1.13 bits per heavy atom. The highest BCUT2D eigenvalue weighted by molar-refractivity contribution is 6.02. The molecule has 1 aliphatic carbocycles. The maximum absolute atomic E-state index is 13.4. The van der Waals surface area contributed by atoms with E-state index in [1.54, 1.807) is 0 Å². The number of Topliss-reactive ketones (excluding diaryl/α,β-unsaturated/α-hetero) is 1. The van der Waals surface area contributed by atoms with Crippen LogP contribution in [0.5, 0.6) is 0 Å². The molecule has 0 spiro atoms. The summed E-state index contributed by atoms with van der Waals surface area (Å²) in [6.07, 6.45) is 0.975. The number of nitrogens with one attached hydrogen (secondary N) is 1. The fraction of sp³-hybridized carbons (Fsp3) is 0.385. The van der Waals surface area contributed by atoms with Crippen LogP contribution in [0.1, 0.15) is 52.0 Å². The molecule has 4 heteroatoms. The number of rotatable bonds is 3. The third-order valence-electron chi connectivity index (χ3n) is 6.02. The summed E-state index contributed by atoms with van der Waals surface area (Å²) in [5, 5.41) is 5.45. The Morgan fingerprint density at radius 2 is 1.83 bits per heavy atom. The molecule has 30 heavy (non-hydrogen) atoms. The second-order valence-electron chi connectivity index (χ2n) is 9.49. The zero-order chi connectivity index (χ0) is 21.6. The van der Waals surface area contributed by atoms with E-state index in [0.29, 0.717) is 17.7 Å². The highest BCUT2D eigenvalue weighted by atomic mass is 16.5. The Kier molecular flexibility index (Phi) is 5.05. The van der Waals surface area contributed by atoms with Crippen LogP contribution in [-0.4, -0.2) is 17.9 Å². The summed E-state index contributed by atoms with van der Waals surface area (Å²) >= 11 is 0. The van der Waals surface area contributed by atoms with Gasteiger partial charge in [-0.05, 0) is 42.0 Å². The van der Waals surface area contributed by atoms with E-state index in [9.17, 15) is 9.59 Å². The molecular weight excluding hydrogens is 374 g/mol. The van der Waals surface area contributed by atoms with Crippen molar-refractivity contribution in [2.75, 3.05) is 0 Å². The van der Waals surface area contributed by atoms with Crippen LogP contribution in [0.15, 0.2) is 66.0 Å². The second-order valence-corrected chi connectivity index (χ2v) is 9.49. The molecule has 0 bridgehead atoms. The third kappa shape index (κ3) is 3.55. The van der Waals surface area contributed by atoms with Gasteiger partial charge in [0.1, 0.15) is 5.92 Å². The van der Waals surface area contributed by atoms with Crippen LogP contribution in [0.25, 0.3) is 10.8 Å². The molecule has 2 aromatic rings. The molecule has 0 saturated carbocycles. The second kappa shape index (κ2) is 7.42. The fourth-order valence-electron chi connectivity index (χ4n) is 4.89. The summed E-state index contributed by atoms with van der Waals surface area (Å²) in [7, 11) is 0. The predicted molar refractivity (Wildman–Crippen MR) is 119 cm³/mol. The lowest BCUT2D eigenvalue weighted by molar-refractivity contribution is -0.151. The van der Waals surface area contributed by atoms with Crippen molar-refractivity contribution in [3.63, 3.8) is 0 Å². The van der Waals surface area contributed by atoms with Crippen LogP contribution in [0.2, 0.25) is 0 Å². The van der Waals surface area contributed by atoms with Gasteiger partial charge in [-0.1, -0.05) is 62.9 Å². The molecule has 1 aliphatic heterocycles. The molecule has 2 aliphatic rings. The van der Waals surface area contributed by atoms with E-state index < -0.39 is 11.8 Å². The van der Waals surface area contributed by atoms with Gasteiger partial charge in [-0.15, -0.1) is 0 Å². The van der Waals surface area contributed by atoms with Crippen LogP contribution >= 0.6 is 0 Å². The minimum Gasteiger partial charge on any atom is -0.462 e. The van der Waals surface area contributed by atoms with Gasteiger partial charge in [-0.3, -0.25) is 9.59 Å². The average molecular weight is 404 g/mol. The number of carbonyl (C=O) groups is 2. The molecule has 0 radical (unpaired) electrons. The standard InChI is InChI=1S/C26H29NO3/c1-15(2)30-25(29)22-16(3)27-20-13-26(4,5)14-21(28)24(20)23(22)19-12-8-10-17-9-6-7-11-18(17)19/h6-12,15,22-23,27H,3,13-14H2,1-2,4-5H3. The monoisotopic (exact) mass is 403 g/mol. The first-order valence-corrected chi connectivity index (χ1v) is 10.6. The summed E-state index contributed by atoms with van der Waals surface area (Å²) in [5.74, 6) is -1.30. The number of ether oxygens (including phenoxy) is 1. The van der Waals surface area contributed by atoms with Gasteiger partial charge in [-0.25, -0.2) is 0 Å². The van der Waals surface area contributed by atoms with Crippen molar-refractivity contribution in [3.05, 3.63) is 71.6 Å². The van der Waals surface area contributed by atoms with E-state index in [1.165, 1.54) is 0 Å². The lowest BCUT2D eigenvalue weighted by Crippen LogP contribution is -2.44. The van der Waals surface area contributed by atoms with Gasteiger partial charge in [0.2, 0.25) is 0 Å². The molecule has 1 heterocycles. The first-order valence-electron chi connectivity index (χ1n) is 10.6. The van der Waals surface area contributed by atoms with Gasteiger partial charge in [-0.2, -0.15) is 0 Å². The average Bonchev–Trinajstić information content (AvgIpc) is 2.64. The van der Waals surface area contributed by atoms with Gasteiger partial charge < -0.3 is 10.1 Å². The Balaban J connectivity index is 1.95. The number of allylic oxidation sites excluding steroid dienone is 2. The lowest BCUT2D eigenvalue weighted by Gasteiger charge is -2.42. The zero-order valence-electron chi connectivity index (χ0n) is 18.1. The van der Waals surface area contributed by atoms with E-state index in [-0.39, 0.29) is 23.3 Å². The van der Waals surface area contributed by atoms with Crippen molar-refractivity contribution in [1.29, 1.82) is 0 Å². The topological polar surface area (TPSA) is 55.4 Å². The van der Waals surface area contributed by atoms with Crippen molar-refractivity contribution in [2.24, 2.45) is 11.3 Å². The normalized spacial score (nSPS) is 23.4. The van der Waals surface area contributed by atoms with Crippen molar-refractivity contribution in [3.8, 4) is 0 Å². The minimum atomic E-state index is -0.651. The molecule has 1 N–H and O–H groups in total. The predicted octanol–water partition coefficient (Wildman–Crippen LogP) is 5.25. The summed E-state index contributed by atoms with van der Waals surface area (Å²) < 4.78 is 5.61. The van der Waals surface area contributed by atoms with E-state index in [2.05, 4.69) is 43.9 Å². The molecule has 156 valence electrons. The molecule has 4 nitrogen and oxygen atoms in total. The Labute approximate surface area is 178 Å². The first-order chi connectivity index (χ1) is 14.2. The Morgan fingerprint density at radius 3 is 2.57 bits per heavy atom. The largest absolute Gasteiger partial charge is 0.462 e.